The average molecular weight is 187 g/mol. The van der Waals surface area contributed by atoms with Gasteiger partial charge in [-0.3, -0.25) is 4.79 Å². The highest BCUT2D eigenvalue weighted by atomic mass is 16.3. The molecule has 1 unspecified atom stereocenters. The molecule has 0 spiro atoms. The van der Waals surface area contributed by atoms with E-state index in [0.717, 1.165) is 25.9 Å². The van der Waals surface area contributed by atoms with Crippen LogP contribution in [0.2, 0.25) is 0 Å². The molecule has 1 aliphatic heterocycles. The molecule has 1 amide bonds. The fourth-order valence-corrected chi connectivity index (χ4v) is 1.20. The van der Waals surface area contributed by atoms with Crippen molar-refractivity contribution in [1.82, 2.24) is 4.90 Å². The van der Waals surface area contributed by atoms with Crippen molar-refractivity contribution in [3.63, 3.8) is 0 Å². The Morgan fingerprint density at radius 2 is 1.77 bits per heavy atom. The van der Waals surface area contributed by atoms with E-state index in [1.165, 1.54) is 13.3 Å². The van der Waals surface area contributed by atoms with E-state index >= 15 is 0 Å². The van der Waals surface area contributed by atoms with Gasteiger partial charge in [0.2, 0.25) is 0 Å². The largest absolute Gasteiger partial charge is 0.384 e. The zero-order valence-corrected chi connectivity index (χ0v) is 8.92. The van der Waals surface area contributed by atoms with E-state index in [4.69, 9.17) is 5.11 Å². The number of likely N-dealkylation sites (tertiary alicyclic amines) is 1. The molecule has 0 radical (unpaired) electrons. The molecule has 3 nitrogen and oxygen atoms in total. The Balaban J connectivity index is 0.000000424. The summed E-state index contributed by atoms with van der Waals surface area (Å²) in [6.07, 6.45) is 2.59. The van der Waals surface area contributed by atoms with Gasteiger partial charge in [0.05, 0.1) is 0 Å². The zero-order chi connectivity index (χ0) is 10.3. The van der Waals surface area contributed by atoms with Crippen molar-refractivity contribution in [2.45, 2.75) is 46.1 Å². The fraction of sp³-hybridized carbons (Fsp3) is 0.900. The average Bonchev–Trinajstić information content (AvgIpc) is 2.56. The fourth-order valence-electron chi connectivity index (χ4n) is 1.20. The molecule has 1 fully saturated rings. The van der Waals surface area contributed by atoms with Crippen LogP contribution < -0.4 is 0 Å². The smallest absolute Gasteiger partial charge is 0.251 e. The molecule has 1 heterocycles. The van der Waals surface area contributed by atoms with Gasteiger partial charge in [-0.05, 0) is 19.8 Å². The van der Waals surface area contributed by atoms with Crippen molar-refractivity contribution >= 4 is 5.91 Å². The first-order valence-electron chi connectivity index (χ1n) is 5.10. The van der Waals surface area contributed by atoms with Gasteiger partial charge in [0.25, 0.3) is 5.91 Å². The van der Waals surface area contributed by atoms with E-state index < -0.39 is 6.10 Å². The van der Waals surface area contributed by atoms with Gasteiger partial charge < -0.3 is 10.0 Å². The summed E-state index contributed by atoms with van der Waals surface area (Å²) in [5.41, 5.74) is 0. The zero-order valence-electron chi connectivity index (χ0n) is 8.92. The van der Waals surface area contributed by atoms with E-state index in [9.17, 15) is 4.79 Å². The maximum Gasteiger partial charge on any atom is 0.251 e. The lowest BCUT2D eigenvalue weighted by atomic mass is 10.3. The van der Waals surface area contributed by atoms with Crippen LogP contribution in [0.3, 0.4) is 0 Å². The van der Waals surface area contributed by atoms with Gasteiger partial charge in [-0.25, -0.2) is 0 Å². The number of hydrogen-bond acceptors (Lipinski definition) is 2. The molecule has 1 rings (SSSR count). The van der Waals surface area contributed by atoms with E-state index in [2.05, 4.69) is 13.8 Å². The number of nitrogens with zero attached hydrogens (tertiary/aromatic N) is 1. The first-order chi connectivity index (χ1) is 6.13. The van der Waals surface area contributed by atoms with Gasteiger partial charge in [0.1, 0.15) is 6.10 Å². The van der Waals surface area contributed by atoms with Gasteiger partial charge in [-0.15, -0.1) is 0 Å². The lowest BCUT2D eigenvalue weighted by molar-refractivity contribution is -0.138. The number of hydrogen-bond donors (Lipinski definition) is 1. The van der Waals surface area contributed by atoms with Crippen LogP contribution in [-0.4, -0.2) is 35.1 Å². The SMILES string of the molecule is CC(O)C(=O)N1CCCC1.CCC. The number of carbonyl (C=O) groups is 1. The molecule has 0 bridgehead atoms. The quantitative estimate of drug-likeness (QED) is 0.674. The van der Waals surface area contributed by atoms with Crippen LogP contribution in [0.1, 0.15) is 40.0 Å². The van der Waals surface area contributed by atoms with Crippen LogP contribution in [0, 0.1) is 0 Å². The van der Waals surface area contributed by atoms with Gasteiger partial charge >= 0.3 is 0 Å². The minimum Gasteiger partial charge on any atom is -0.384 e. The van der Waals surface area contributed by atoms with Crippen molar-refractivity contribution in [2.75, 3.05) is 13.1 Å². The number of aliphatic hydroxyl groups is 1. The summed E-state index contributed by atoms with van der Waals surface area (Å²) in [5, 5.41) is 8.89. The molecule has 0 aromatic rings. The van der Waals surface area contributed by atoms with Crippen molar-refractivity contribution < 1.29 is 9.90 Å². The third-order valence-electron chi connectivity index (χ3n) is 1.78. The number of aliphatic hydroxyl groups excluding tert-OH is 1. The van der Waals surface area contributed by atoms with Crippen LogP contribution in [-0.2, 0) is 4.79 Å². The summed E-state index contributed by atoms with van der Waals surface area (Å²) < 4.78 is 0. The first-order valence-corrected chi connectivity index (χ1v) is 5.10. The molecule has 0 aromatic heterocycles. The monoisotopic (exact) mass is 187 g/mol. The lowest BCUT2D eigenvalue weighted by Gasteiger charge is -2.16. The molecule has 0 aliphatic carbocycles. The maximum atomic E-state index is 11.0. The van der Waals surface area contributed by atoms with Crippen molar-refractivity contribution in [2.24, 2.45) is 0 Å². The van der Waals surface area contributed by atoms with E-state index in [0.29, 0.717) is 0 Å². The van der Waals surface area contributed by atoms with Crippen molar-refractivity contribution in [1.29, 1.82) is 0 Å². The summed E-state index contributed by atoms with van der Waals surface area (Å²) >= 11 is 0. The molecule has 13 heavy (non-hydrogen) atoms. The molecule has 78 valence electrons. The number of rotatable bonds is 1. The predicted octanol–water partition coefficient (Wildman–Crippen LogP) is 1.41. The summed E-state index contributed by atoms with van der Waals surface area (Å²) in [4.78, 5) is 12.7. The van der Waals surface area contributed by atoms with Gasteiger partial charge in [-0.1, -0.05) is 20.3 Å². The summed E-state index contributed by atoms with van der Waals surface area (Å²) in [5.74, 6) is -0.127. The molecule has 1 aliphatic rings. The highest BCUT2D eigenvalue weighted by molar-refractivity contribution is 5.80. The second-order valence-electron chi connectivity index (χ2n) is 3.42. The van der Waals surface area contributed by atoms with E-state index in [1.807, 2.05) is 0 Å². The molecular formula is C10H21NO2. The third kappa shape index (κ3) is 4.88. The third-order valence-corrected chi connectivity index (χ3v) is 1.78. The normalized spacial score (nSPS) is 17.7. The maximum absolute atomic E-state index is 11.0. The van der Waals surface area contributed by atoms with Crippen LogP contribution in [0.5, 0.6) is 0 Å². The topological polar surface area (TPSA) is 40.5 Å². The minimum atomic E-state index is -0.821. The Morgan fingerprint density at radius 3 is 2.08 bits per heavy atom. The molecule has 1 saturated heterocycles. The van der Waals surface area contributed by atoms with E-state index in [1.54, 1.807) is 4.90 Å². The Morgan fingerprint density at radius 1 is 1.38 bits per heavy atom. The van der Waals surface area contributed by atoms with Crippen molar-refractivity contribution in [3.05, 3.63) is 0 Å². The van der Waals surface area contributed by atoms with Crippen LogP contribution in [0.25, 0.3) is 0 Å². The number of carbonyl (C=O) groups excluding carboxylic acids is 1. The van der Waals surface area contributed by atoms with Crippen LogP contribution in [0.4, 0.5) is 0 Å². The highest BCUT2D eigenvalue weighted by Crippen LogP contribution is 2.08. The number of amides is 1. The minimum absolute atomic E-state index is 0.127. The second-order valence-corrected chi connectivity index (χ2v) is 3.42. The van der Waals surface area contributed by atoms with Gasteiger partial charge in [-0.2, -0.15) is 0 Å². The second kappa shape index (κ2) is 6.89. The Hall–Kier alpha value is -0.570. The highest BCUT2D eigenvalue weighted by Gasteiger charge is 2.20. The standard InChI is InChI=1S/C7H13NO2.C3H8/c1-6(9)7(10)8-4-2-3-5-8;1-3-2/h6,9H,2-5H2,1H3;3H2,1-2H3. The van der Waals surface area contributed by atoms with E-state index in [-0.39, 0.29) is 5.91 Å². The van der Waals surface area contributed by atoms with Crippen LogP contribution >= 0.6 is 0 Å². The first kappa shape index (κ1) is 12.4. The summed E-state index contributed by atoms with van der Waals surface area (Å²) in [6, 6.07) is 0. The van der Waals surface area contributed by atoms with Crippen LogP contribution in [0.15, 0.2) is 0 Å². The predicted molar refractivity (Wildman–Crippen MR) is 53.5 cm³/mol. The molecule has 3 heteroatoms. The molecule has 0 aromatic carbocycles. The Bertz CT molecular complexity index is 140. The summed E-state index contributed by atoms with van der Waals surface area (Å²) in [7, 11) is 0. The summed E-state index contributed by atoms with van der Waals surface area (Å²) in [6.45, 7) is 7.41. The Kier molecular flexibility index (Phi) is 6.59. The Labute approximate surface area is 80.7 Å². The molecule has 1 atom stereocenters. The van der Waals surface area contributed by atoms with Gasteiger partial charge in [0.15, 0.2) is 0 Å². The van der Waals surface area contributed by atoms with Gasteiger partial charge in [0, 0.05) is 13.1 Å². The molecule has 1 N–H and O–H groups in total. The molecule has 0 saturated carbocycles. The molecular weight excluding hydrogens is 166 g/mol. The van der Waals surface area contributed by atoms with Crippen molar-refractivity contribution in [3.8, 4) is 0 Å². The lowest BCUT2D eigenvalue weighted by Crippen LogP contribution is -2.35.